The average molecular weight is 624 g/mol. The Morgan fingerprint density at radius 2 is 0.830 bits per heavy atom. The van der Waals surface area contributed by atoms with Crippen LogP contribution in [0.15, 0.2) is 186 Å². The number of hydrogen-bond acceptors (Lipinski definition) is 1. The third-order valence-electron chi connectivity index (χ3n) is 7.50. The Morgan fingerprint density at radius 3 is 1.45 bits per heavy atom. The summed E-state index contributed by atoms with van der Waals surface area (Å²) in [4.78, 5) is 0. The van der Waals surface area contributed by atoms with E-state index in [0.29, 0.717) is 0 Å². The summed E-state index contributed by atoms with van der Waals surface area (Å²) in [5.74, 6) is -0.820. The summed E-state index contributed by atoms with van der Waals surface area (Å²) in [6.45, 7) is 0. The first-order valence-electron chi connectivity index (χ1n) is 26.6. The van der Waals surface area contributed by atoms with Gasteiger partial charge in [-0.05, 0) is 67.0 Å². The van der Waals surface area contributed by atoms with E-state index in [1.54, 1.807) is 18.2 Å². The van der Waals surface area contributed by atoms with Gasteiger partial charge in [0.2, 0.25) is 0 Å². The van der Waals surface area contributed by atoms with E-state index in [1.165, 1.54) is 12.1 Å². The Bertz CT molecular complexity index is 3810. The lowest BCUT2D eigenvalue weighted by molar-refractivity contribution is 0.632. The molecule has 0 saturated heterocycles. The number of hydrogen-bond donors (Lipinski definition) is 0. The number of rotatable bonds is 5. The van der Waals surface area contributed by atoms with Crippen molar-refractivity contribution in [3.63, 3.8) is 0 Å². The van der Waals surface area contributed by atoms with Crippen molar-refractivity contribution in [3.8, 4) is 55.8 Å². The summed E-state index contributed by atoms with van der Waals surface area (Å²) in [7, 11) is 0. The Labute approximate surface area is 309 Å². The third kappa shape index (κ3) is 4.64. The molecule has 0 aliphatic heterocycles. The predicted octanol–water partition coefficient (Wildman–Crippen LogP) is 13.1. The van der Waals surface area contributed by atoms with E-state index in [1.807, 2.05) is 0 Å². The van der Waals surface area contributed by atoms with Gasteiger partial charge in [0.05, 0.1) is 34.3 Å². The van der Waals surface area contributed by atoms with Crippen molar-refractivity contribution in [3.05, 3.63) is 181 Å². The van der Waals surface area contributed by atoms with Crippen molar-refractivity contribution in [1.29, 1.82) is 0 Å². The molecule has 0 spiro atoms. The van der Waals surface area contributed by atoms with E-state index in [-0.39, 0.29) is 11.1 Å². The lowest BCUT2D eigenvalue weighted by atomic mass is 9.84. The van der Waals surface area contributed by atoms with Gasteiger partial charge < -0.3 is 4.42 Å². The monoisotopic (exact) mass is 623 g/mol. The Hall–Kier alpha value is -6.18. The van der Waals surface area contributed by atoms with E-state index >= 15 is 0 Å². The molecule has 0 unspecified atom stereocenters. The Balaban J connectivity index is 1.68. The van der Waals surface area contributed by atoms with Crippen LogP contribution in [0.25, 0.3) is 88.3 Å². The fraction of sp³-hybridized carbons (Fsp3) is 0. The highest BCUT2D eigenvalue weighted by Gasteiger charge is 2.24. The van der Waals surface area contributed by atoms with Crippen LogP contribution in [-0.2, 0) is 0 Å². The molecule has 0 fully saturated rings. The summed E-state index contributed by atoms with van der Waals surface area (Å²) in [5.41, 5.74) is -5.90. The molecule has 0 bridgehead atoms. The van der Waals surface area contributed by atoms with E-state index in [2.05, 4.69) is 0 Å². The van der Waals surface area contributed by atoms with Gasteiger partial charge in [-0.1, -0.05) is 169 Å². The molecule has 220 valence electrons. The molecule has 8 aromatic carbocycles. The van der Waals surface area contributed by atoms with Crippen molar-refractivity contribution >= 4 is 32.5 Å². The fourth-order valence-corrected chi connectivity index (χ4v) is 5.50. The number of fused-ring (bicyclic) bond motifs is 3. The number of benzene rings is 8. The molecular weight excluding hydrogens is 569 g/mol. The molecule has 1 heterocycles. The molecule has 0 saturated carbocycles. The van der Waals surface area contributed by atoms with E-state index in [0.717, 1.165) is 0 Å². The Morgan fingerprint density at radius 1 is 0.340 bits per heavy atom. The van der Waals surface area contributed by atoms with Crippen molar-refractivity contribution in [1.82, 2.24) is 0 Å². The van der Waals surface area contributed by atoms with Gasteiger partial charge in [0.15, 0.2) is 0 Å². The average Bonchev–Trinajstić information content (AvgIpc) is 3.75. The van der Waals surface area contributed by atoms with E-state index in [9.17, 15) is 15.1 Å². The van der Waals surface area contributed by atoms with Crippen LogP contribution in [0.2, 0.25) is 0 Å². The van der Waals surface area contributed by atoms with Crippen LogP contribution >= 0.6 is 0 Å². The summed E-state index contributed by atoms with van der Waals surface area (Å²) in [6.07, 6.45) is 0. The first-order chi connectivity index (χ1) is 33.7. The topological polar surface area (TPSA) is 13.1 Å². The maximum absolute atomic E-state index is 9.89. The minimum Gasteiger partial charge on any atom is -0.455 e. The van der Waals surface area contributed by atoms with Gasteiger partial charge in [-0.2, -0.15) is 0 Å². The highest BCUT2D eigenvalue weighted by atomic mass is 16.3. The molecule has 1 heteroatoms. The maximum Gasteiger partial charge on any atom is 0.143 e. The van der Waals surface area contributed by atoms with Gasteiger partial charge in [-0.25, -0.2) is 0 Å². The molecule has 1 aromatic heterocycles. The second-order valence-corrected chi connectivity index (χ2v) is 10.1. The molecule has 9 rings (SSSR count). The van der Waals surface area contributed by atoms with E-state index < -0.39 is 228 Å². The number of furan rings is 1. The summed E-state index contributed by atoms with van der Waals surface area (Å²) in [6, 6.07) is -15.1. The van der Waals surface area contributed by atoms with Gasteiger partial charge in [0.25, 0.3) is 0 Å². The quantitative estimate of drug-likeness (QED) is 0.174. The highest BCUT2D eigenvalue weighted by molar-refractivity contribution is 6.25. The van der Waals surface area contributed by atoms with E-state index in [4.69, 9.17) is 23.6 Å². The molecule has 9 aromatic rings. The van der Waals surface area contributed by atoms with Crippen molar-refractivity contribution in [2.24, 2.45) is 0 Å². The van der Waals surface area contributed by atoms with Crippen LogP contribution < -0.4 is 0 Å². The summed E-state index contributed by atoms with van der Waals surface area (Å²) in [5, 5.41) is -3.59. The normalized spacial score (nSPS) is 18.9. The predicted molar refractivity (Wildman–Crippen MR) is 198 cm³/mol. The standard InChI is InChI=1S/C46H30O/c1-4-14-31(15-5-1)33-24-26-35(27-25-33)46-45(41-30-36(28-29-42(41)47-46)32-16-6-2-7-17-32)44-39-22-12-10-20-37(39)43(34-18-8-3-9-19-34)38-21-11-13-23-40(38)44/h1-30H/i2D,3D,6D,7D,8D,9D,10D,11D,12D,13D,16D,17D,18D,19D,20D,21D,22D,23D,24D,25D,26D,27D,28D,29D,30D. The second kappa shape index (κ2) is 11.3. The zero-order valence-electron chi connectivity index (χ0n) is 48.8. The first kappa shape index (κ1) is 11.9. The SMILES string of the molecule is [2H]c1c([2H])c([2H])c(-c2c([2H])c([2H])c3oc(-c4c([2H])c([2H])c(-c5ccccc5)c([2H])c4[2H])c(-c4c5c([2H])c([2H])c([2H])c([2H])c5c(-c5c([2H])c([2H])c([2H])c([2H])c5[2H])c5c([2H])c([2H])c([2H])c([2H])c45)c3c2[2H])c([2H])c1[2H]. The molecule has 0 radical (unpaired) electrons. The smallest absolute Gasteiger partial charge is 0.143 e. The molecular formula is C46H30O. The molecule has 0 N–H and O–H groups in total. The lowest BCUT2D eigenvalue weighted by Gasteiger charge is -2.18. The van der Waals surface area contributed by atoms with Crippen molar-refractivity contribution in [2.45, 2.75) is 0 Å². The summed E-state index contributed by atoms with van der Waals surface area (Å²) >= 11 is 0. The van der Waals surface area contributed by atoms with Crippen LogP contribution in [0.1, 0.15) is 34.3 Å². The maximum atomic E-state index is 9.89. The van der Waals surface area contributed by atoms with Crippen LogP contribution in [0, 0.1) is 0 Å². The second-order valence-electron chi connectivity index (χ2n) is 10.1. The molecule has 1 nitrogen and oxygen atoms in total. The van der Waals surface area contributed by atoms with Gasteiger partial charge in [-0.15, -0.1) is 0 Å². The van der Waals surface area contributed by atoms with Gasteiger partial charge in [0, 0.05) is 22.1 Å². The van der Waals surface area contributed by atoms with Crippen molar-refractivity contribution in [2.75, 3.05) is 0 Å². The Kier molecular flexibility index (Phi) is 2.86. The largest absolute Gasteiger partial charge is 0.455 e. The molecule has 0 aliphatic rings. The molecule has 0 amide bonds. The highest BCUT2D eigenvalue weighted by Crippen LogP contribution is 2.50. The van der Waals surface area contributed by atoms with Gasteiger partial charge >= 0.3 is 0 Å². The molecule has 0 aliphatic carbocycles. The van der Waals surface area contributed by atoms with Gasteiger partial charge in [-0.3, -0.25) is 0 Å². The molecule has 47 heavy (non-hydrogen) atoms. The lowest BCUT2D eigenvalue weighted by Crippen LogP contribution is -1.91. The van der Waals surface area contributed by atoms with Crippen LogP contribution in [0.3, 0.4) is 0 Å². The summed E-state index contributed by atoms with van der Waals surface area (Å²) < 4.78 is 232. The molecule has 0 atom stereocenters. The fourth-order valence-electron chi connectivity index (χ4n) is 5.50. The zero-order valence-corrected chi connectivity index (χ0v) is 23.8. The van der Waals surface area contributed by atoms with Gasteiger partial charge in [0.1, 0.15) is 11.3 Å². The van der Waals surface area contributed by atoms with Crippen LogP contribution in [-0.4, -0.2) is 0 Å². The minimum absolute atomic E-state index is 0.201. The van der Waals surface area contributed by atoms with Crippen molar-refractivity contribution < 1.29 is 38.7 Å². The van der Waals surface area contributed by atoms with Crippen LogP contribution in [0.5, 0.6) is 0 Å². The van der Waals surface area contributed by atoms with Crippen LogP contribution in [0.4, 0.5) is 0 Å². The first-order valence-corrected chi connectivity index (χ1v) is 14.1. The zero-order chi connectivity index (χ0) is 52.9. The minimum atomic E-state index is -0.996. The third-order valence-corrected chi connectivity index (χ3v) is 7.50.